The van der Waals surface area contributed by atoms with Crippen LogP contribution in [-0.2, 0) is 13.2 Å². The van der Waals surface area contributed by atoms with E-state index in [1.807, 2.05) is 22.9 Å². The minimum absolute atomic E-state index is 0.0817. The Morgan fingerprint density at radius 2 is 2.40 bits per heavy atom. The molecule has 1 aromatic carbocycles. The van der Waals surface area contributed by atoms with Crippen LogP contribution in [0.5, 0.6) is 0 Å². The van der Waals surface area contributed by atoms with Gasteiger partial charge >= 0.3 is 0 Å². The number of aromatic nitrogens is 3. The number of hydrogen-bond donors (Lipinski definition) is 2. The molecule has 1 aliphatic heterocycles. The minimum Gasteiger partial charge on any atom is -0.392 e. The van der Waals surface area contributed by atoms with E-state index < -0.39 is 0 Å². The molecule has 0 saturated heterocycles. The van der Waals surface area contributed by atoms with Crippen LogP contribution in [0.4, 0.5) is 0 Å². The van der Waals surface area contributed by atoms with Gasteiger partial charge in [0.1, 0.15) is 12.2 Å². The molecule has 5 nitrogen and oxygen atoms in total. The van der Waals surface area contributed by atoms with Crippen LogP contribution in [0.1, 0.15) is 48.8 Å². The third-order valence-electron chi connectivity index (χ3n) is 3.90. The number of nitrogens with one attached hydrogen (secondary N) is 1. The number of aliphatic hydroxyl groups excluding tert-OH is 1. The maximum atomic E-state index is 9.23. The molecule has 5 heteroatoms. The molecule has 2 heterocycles. The second-order valence-electron chi connectivity index (χ2n) is 5.33. The van der Waals surface area contributed by atoms with Gasteiger partial charge in [-0.05, 0) is 30.9 Å². The van der Waals surface area contributed by atoms with E-state index in [0.29, 0.717) is 0 Å². The van der Waals surface area contributed by atoms with Gasteiger partial charge in [-0.2, -0.15) is 5.10 Å². The van der Waals surface area contributed by atoms with E-state index >= 15 is 0 Å². The van der Waals surface area contributed by atoms with Gasteiger partial charge in [0.25, 0.3) is 0 Å². The normalized spacial score (nSPS) is 19.6. The summed E-state index contributed by atoms with van der Waals surface area (Å²) < 4.78 is 1.98. The Morgan fingerprint density at radius 3 is 3.25 bits per heavy atom. The molecule has 2 aromatic rings. The lowest BCUT2D eigenvalue weighted by atomic mass is 10.0. The van der Waals surface area contributed by atoms with Crippen LogP contribution in [0, 0.1) is 0 Å². The average molecular weight is 272 g/mol. The fourth-order valence-corrected chi connectivity index (χ4v) is 2.81. The molecule has 20 heavy (non-hydrogen) atoms. The van der Waals surface area contributed by atoms with Crippen molar-refractivity contribution in [3.05, 3.63) is 47.5 Å². The van der Waals surface area contributed by atoms with Crippen LogP contribution in [-0.4, -0.2) is 19.9 Å². The maximum absolute atomic E-state index is 9.23. The molecule has 0 amide bonds. The van der Waals surface area contributed by atoms with Crippen molar-refractivity contribution in [1.29, 1.82) is 0 Å². The molecule has 1 aromatic heterocycles. The number of nitrogens with zero attached hydrogens (tertiary/aromatic N) is 3. The molecular weight excluding hydrogens is 252 g/mol. The number of aliphatic hydroxyl groups is 1. The van der Waals surface area contributed by atoms with Crippen molar-refractivity contribution in [2.45, 2.75) is 45.0 Å². The maximum Gasteiger partial charge on any atom is 0.143 e. The largest absolute Gasteiger partial charge is 0.392 e. The molecule has 0 bridgehead atoms. The van der Waals surface area contributed by atoms with E-state index in [4.69, 9.17) is 0 Å². The molecule has 0 radical (unpaired) electrons. The third-order valence-corrected chi connectivity index (χ3v) is 3.90. The number of rotatable bonds is 4. The predicted molar refractivity (Wildman–Crippen MR) is 75.9 cm³/mol. The van der Waals surface area contributed by atoms with Crippen LogP contribution in [0.25, 0.3) is 0 Å². The Morgan fingerprint density at radius 1 is 1.50 bits per heavy atom. The van der Waals surface area contributed by atoms with Gasteiger partial charge in [-0.15, -0.1) is 0 Å². The van der Waals surface area contributed by atoms with Crippen molar-refractivity contribution < 1.29 is 5.11 Å². The van der Waals surface area contributed by atoms with Gasteiger partial charge in [0.05, 0.1) is 12.6 Å². The minimum atomic E-state index is 0.0817. The fourth-order valence-electron chi connectivity index (χ4n) is 2.81. The van der Waals surface area contributed by atoms with E-state index in [0.717, 1.165) is 30.8 Å². The lowest BCUT2D eigenvalue weighted by Crippen LogP contribution is -2.30. The molecule has 0 saturated carbocycles. The Bertz CT molecular complexity index is 581. The van der Waals surface area contributed by atoms with E-state index in [2.05, 4.69) is 28.4 Å². The summed E-state index contributed by atoms with van der Waals surface area (Å²) in [6.07, 6.45) is 3.84. The molecular formula is C15H20N4O. The van der Waals surface area contributed by atoms with Crippen molar-refractivity contribution in [3.63, 3.8) is 0 Å². The van der Waals surface area contributed by atoms with Crippen LogP contribution >= 0.6 is 0 Å². The van der Waals surface area contributed by atoms with Crippen LogP contribution < -0.4 is 5.32 Å². The first-order valence-corrected chi connectivity index (χ1v) is 7.11. The van der Waals surface area contributed by atoms with E-state index in [1.54, 1.807) is 6.33 Å². The van der Waals surface area contributed by atoms with Crippen LogP contribution in [0.15, 0.2) is 30.6 Å². The highest BCUT2D eigenvalue weighted by atomic mass is 16.3. The highest BCUT2D eigenvalue weighted by Gasteiger charge is 2.23. The van der Waals surface area contributed by atoms with Crippen molar-refractivity contribution in [3.8, 4) is 0 Å². The van der Waals surface area contributed by atoms with Crippen LogP contribution in [0.2, 0.25) is 0 Å². The zero-order valence-electron chi connectivity index (χ0n) is 11.7. The summed E-state index contributed by atoms with van der Waals surface area (Å²) >= 11 is 0. The average Bonchev–Trinajstić information content (AvgIpc) is 2.97. The zero-order valence-corrected chi connectivity index (χ0v) is 11.7. The second-order valence-corrected chi connectivity index (χ2v) is 5.33. The summed E-state index contributed by atoms with van der Waals surface area (Å²) in [7, 11) is 0. The molecule has 1 aliphatic rings. The smallest absolute Gasteiger partial charge is 0.143 e. The van der Waals surface area contributed by atoms with Gasteiger partial charge in [-0.3, -0.25) is 0 Å². The fraction of sp³-hybridized carbons (Fsp3) is 0.467. The number of fused-ring (bicyclic) bond motifs is 1. The summed E-state index contributed by atoms with van der Waals surface area (Å²) in [5.41, 5.74) is 2.14. The van der Waals surface area contributed by atoms with Gasteiger partial charge in [0.2, 0.25) is 0 Å². The van der Waals surface area contributed by atoms with E-state index in [-0.39, 0.29) is 18.7 Å². The first kappa shape index (κ1) is 13.3. The molecule has 0 fully saturated rings. The summed E-state index contributed by atoms with van der Waals surface area (Å²) in [5, 5.41) is 17.1. The standard InChI is InChI=1S/C15H20N4O/c1-11(13-5-2-4-12(8-13)9-20)18-14-6-3-7-19-15(14)16-10-17-19/h2,4-5,8,10-11,14,18,20H,3,6-7,9H2,1H3. The Kier molecular flexibility index (Phi) is 3.80. The van der Waals surface area contributed by atoms with E-state index in [1.165, 1.54) is 5.56 Å². The molecule has 0 aliphatic carbocycles. The SMILES string of the molecule is CC(NC1CCCn2ncnc21)c1cccc(CO)c1. The Labute approximate surface area is 118 Å². The topological polar surface area (TPSA) is 63.0 Å². The molecule has 2 N–H and O–H groups in total. The van der Waals surface area contributed by atoms with Gasteiger partial charge in [-0.1, -0.05) is 24.3 Å². The van der Waals surface area contributed by atoms with Gasteiger partial charge in [0.15, 0.2) is 0 Å². The summed E-state index contributed by atoms with van der Waals surface area (Å²) in [4.78, 5) is 4.37. The van der Waals surface area contributed by atoms with Gasteiger partial charge < -0.3 is 10.4 Å². The second kappa shape index (κ2) is 5.73. The third kappa shape index (κ3) is 2.59. The monoisotopic (exact) mass is 272 g/mol. The Hall–Kier alpha value is -1.72. The highest BCUT2D eigenvalue weighted by molar-refractivity contribution is 5.25. The van der Waals surface area contributed by atoms with Gasteiger partial charge in [-0.25, -0.2) is 9.67 Å². The first-order valence-electron chi connectivity index (χ1n) is 7.11. The molecule has 106 valence electrons. The van der Waals surface area contributed by atoms with Crippen molar-refractivity contribution in [2.24, 2.45) is 0 Å². The molecule has 3 rings (SSSR count). The van der Waals surface area contributed by atoms with Crippen molar-refractivity contribution in [2.75, 3.05) is 0 Å². The highest BCUT2D eigenvalue weighted by Crippen LogP contribution is 2.26. The predicted octanol–water partition coefficient (Wildman–Crippen LogP) is 1.96. The molecule has 2 atom stereocenters. The van der Waals surface area contributed by atoms with Crippen molar-refractivity contribution >= 4 is 0 Å². The van der Waals surface area contributed by atoms with Crippen LogP contribution in [0.3, 0.4) is 0 Å². The number of hydrogen-bond acceptors (Lipinski definition) is 4. The van der Waals surface area contributed by atoms with Crippen molar-refractivity contribution in [1.82, 2.24) is 20.1 Å². The molecule has 0 spiro atoms. The Balaban J connectivity index is 1.75. The summed E-state index contributed by atoms with van der Waals surface area (Å²) in [6.45, 7) is 3.19. The lowest BCUT2D eigenvalue weighted by Gasteiger charge is -2.27. The zero-order chi connectivity index (χ0) is 13.9. The van der Waals surface area contributed by atoms with E-state index in [9.17, 15) is 5.11 Å². The quantitative estimate of drug-likeness (QED) is 0.893. The number of benzene rings is 1. The lowest BCUT2D eigenvalue weighted by molar-refractivity contribution is 0.281. The summed E-state index contributed by atoms with van der Waals surface area (Å²) in [6, 6.07) is 8.53. The first-order chi connectivity index (χ1) is 9.78. The molecule has 2 unspecified atom stereocenters. The number of aryl methyl sites for hydroxylation is 1. The van der Waals surface area contributed by atoms with Gasteiger partial charge in [0, 0.05) is 12.6 Å². The summed E-state index contributed by atoms with van der Waals surface area (Å²) in [5.74, 6) is 1.03.